The maximum atomic E-state index is 14.2. The topological polar surface area (TPSA) is 101 Å². The number of Topliss-reactive ketones (excluding diaryl/α,β-unsaturated/α-hetero) is 1. The number of thiazole rings is 1. The lowest BCUT2D eigenvalue weighted by molar-refractivity contribution is 0.0775. The minimum Gasteiger partial charge on any atom is -0.370 e. The molecule has 1 unspecified atom stereocenters. The van der Waals surface area contributed by atoms with Gasteiger partial charge < -0.3 is 4.90 Å². The highest BCUT2D eigenvalue weighted by Gasteiger charge is 2.52. The molecule has 0 amide bonds. The van der Waals surface area contributed by atoms with Crippen molar-refractivity contribution in [1.29, 1.82) is 0 Å². The normalized spacial score (nSPS) is 20.9. The lowest BCUT2D eigenvalue weighted by atomic mass is 9.66. The molecule has 2 fully saturated rings. The Bertz CT molecular complexity index is 1760. The summed E-state index contributed by atoms with van der Waals surface area (Å²) in [6.07, 6.45) is 11.0. The average Bonchev–Trinajstić information content (AvgIpc) is 3.78. The SMILES string of the molecule is O=C(c1nccs1)C12Cc3cnn(-c4ccc(F)cc4)c3C=C1CCN(S(=O)(=O)c1cnccc1N1CCCC1)C2. The summed E-state index contributed by atoms with van der Waals surface area (Å²) < 4.78 is 45.2. The van der Waals surface area contributed by atoms with Crippen LogP contribution in [0.5, 0.6) is 0 Å². The van der Waals surface area contributed by atoms with Crippen LogP contribution >= 0.6 is 11.3 Å². The zero-order valence-corrected chi connectivity index (χ0v) is 23.7. The van der Waals surface area contributed by atoms with Crippen LogP contribution < -0.4 is 4.90 Å². The third kappa shape index (κ3) is 4.32. The zero-order valence-electron chi connectivity index (χ0n) is 22.1. The Kier molecular flexibility index (Phi) is 6.36. The highest BCUT2D eigenvalue weighted by atomic mass is 32.2. The fraction of sp³-hybridized carbons (Fsp3) is 0.310. The van der Waals surface area contributed by atoms with Gasteiger partial charge >= 0.3 is 0 Å². The number of fused-ring (bicyclic) bond motifs is 2. The number of halogens is 1. The van der Waals surface area contributed by atoms with E-state index < -0.39 is 15.4 Å². The Labute approximate surface area is 241 Å². The number of carbonyl (C=O) groups is 1. The quantitative estimate of drug-likeness (QED) is 0.308. The van der Waals surface area contributed by atoms with Gasteiger partial charge in [0.2, 0.25) is 15.8 Å². The molecule has 1 aliphatic carbocycles. The number of pyridine rings is 1. The van der Waals surface area contributed by atoms with Gasteiger partial charge in [0.25, 0.3) is 0 Å². The first-order chi connectivity index (χ1) is 19.9. The summed E-state index contributed by atoms with van der Waals surface area (Å²) in [7, 11) is -3.96. The number of anilines is 1. The summed E-state index contributed by atoms with van der Waals surface area (Å²) in [6.45, 7) is 1.82. The number of aromatic nitrogens is 4. The van der Waals surface area contributed by atoms with Crippen LogP contribution in [0.3, 0.4) is 0 Å². The van der Waals surface area contributed by atoms with Crippen LogP contribution in [0.15, 0.2) is 71.0 Å². The van der Waals surface area contributed by atoms with Crippen LogP contribution in [0.1, 0.15) is 40.3 Å². The molecule has 5 heterocycles. The van der Waals surface area contributed by atoms with Gasteiger partial charge in [-0.3, -0.25) is 9.78 Å². The van der Waals surface area contributed by atoms with E-state index in [-0.39, 0.29) is 36.0 Å². The van der Waals surface area contributed by atoms with Gasteiger partial charge in [-0.05, 0) is 67.7 Å². The standard InChI is InChI=1S/C29H27FN6O3S2/c30-22-3-5-23(6-4-22)36-25-15-21-8-13-35(41(38,39)26-18-31-9-7-24(26)34-11-1-2-12-34)19-29(21,16-20(25)17-33-36)27(37)28-32-10-14-40-28/h3-7,9-10,14-15,17-18H,1-2,8,11-13,16,19H2. The third-order valence-corrected chi connectivity index (χ3v) is 11.0. The summed E-state index contributed by atoms with van der Waals surface area (Å²) in [6, 6.07) is 7.85. The van der Waals surface area contributed by atoms with Gasteiger partial charge in [-0.2, -0.15) is 9.40 Å². The largest absolute Gasteiger partial charge is 0.370 e. The Balaban J connectivity index is 1.30. The van der Waals surface area contributed by atoms with Gasteiger partial charge in [-0.1, -0.05) is 5.57 Å². The Morgan fingerprint density at radius 1 is 1.02 bits per heavy atom. The zero-order chi connectivity index (χ0) is 28.2. The number of nitrogens with zero attached hydrogens (tertiary/aromatic N) is 6. The van der Waals surface area contributed by atoms with E-state index in [9.17, 15) is 17.6 Å². The highest BCUT2D eigenvalue weighted by molar-refractivity contribution is 7.89. The minimum atomic E-state index is -3.96. The first-order valence-corrected chi connectivity index (χ1v) is 15.9. The van der Waals surface area contributed by atoms with Crippen molar-refractivity contribution >= 4 is 38.9 Å². The first-order valence-electron chi connectivity index (χ1n) is 13.5. The number of piperidine rings is 1. The molecule has 0 bridgehead atoms. The van der Waals surface area contributed by atoms with Crippen molar-refractivity contribution in [3.63, 3.8) is 0 Å². The predicted octanol–water partition coefficient (Wildman–Crippen LogP) is 4.37. The second kappa shape index (κ2) is 9.97. The molecule has 3 aliphatic rings. The summed E-state index contributed by atoms with van der Waals surface area (Å²) >= 11 is 1.26. The Morgan fingerprint density at radius 3 is 2.59 bits per heavy atom. The molecule has 0 radical (unpaired) electrons. The van der Waals surface area contributed by atoms with E-state index in [1.165, 1.54) is 34.0 Å². The van der Waals surface area contributed by atoms with Gasteiger partial charge in [-0.25, -0.2) is 22.5 Å². The number of rotatable bonds is 6. The van der Waals surface area contributed by atoms with Gasteiger partial charge in [0.1, 0.15) is 10.7 Å². The van der Waals surface area contributed by atoms with Crippen LogP contribution in [-0.2, 0) is 16.4 Å². The number of ketones is 1. The molecule has 1 aromatic carbocycles. The molecule has 41 heavy (non-hydrogen) atoms. The van der Waals surface area contributed by atoms with E-state index in [0.717, 1.165) is 42.8 Å². The molecule has 12 heteroatoms. The number of hydrogen-bond acceptors (Lipinski definition) is 8. The fourth-order valence-electron chi connectivity index (χ4n) is 6.28. The molecule has 2 saturated heterocycles. The third-order valence-electron chi connectivity index (χ3n) is 8.34. The first kappa shape index (κ1) is 26.2. The van der Waals surface area contributed by atoms with Gasteiger partial charge in [-0.15, -0.1) is 11.3 Å². The molecular weight excluding hydrogens is 563 g/mol. The summed E-state index contributed by atoms with van der Waals surface area (Å²) in [5.41, 5.74) is 2.73. The van der Waals surface area contributed by atoms with E-state index in [1.54, 1.807) is 46.9 Å². The van der Waals surface area contributed by atoms with E-state index in [1.807, 2.05) is 6.08 Å². The highest BCUT2D eigenvalue weighted by Crippen LogP contribution is 2.48. The molecule has 0 saturated carbocycles. The van der Waals surface area contributed by atoms with Crippen LogP contribution in [-0.4, -0.2) is 64.4 Å². The van der Waals surface area contributed by atoms with Crippen molar-refractivity contribution in [2.24, 2.45) is 5.41 Å². The van der Waals surface area contributed by atoms with Crippen molar-refractivity contribution in [3.8, 4) is 5.69 Å². The molecule has 7 rings (SSSR count). The summed E-state index contributed by atoms with van der Waals surface area (Å²) in [5.74, 6) is -0.527. The van der Waals surface area contributed by atoms with Crippen molar-refractivity contribution < 1.29 is 17.6 Å². The van der Waals surface area contributed by atoms with Crippen molar-refractivity contribution in [2.45, 2.75) is 30.6 Å². The van der Waals surface area contributed by atoms with Gasteiger partial charge in [0.05, 0.1) is 28.7 Å². The Hall–Kier alpha value is -3.74. The monoisotopic (exact) mass is 590 g/mol. The van der Waals surface area contributed by atoms with Gasteiger partial charge in [0, 0.05) is 50.1 Å². The average molecular weight is 591 g/mol. The van der Waals surface area contributed by atoms with E-state index in [2.05, 4.69) is 20.0 Å². The maximum Gasteiger partial charge on any atom is 0.246 e. The molecule has 210 valence electrons. The van der Waals surface area contributed by atoms with Gasteiger partial charge in [0.15, 0.2) is 5.01 Å². The molecular formula is C29H27FN6O3S2. The van der Waals surface area contributed by atoms with Crippen molar-refractivity contribution in [1.82, 2.24) is 24.1 Å². The molecule has 9 nitrogen and oxygen atoms in total. The van der Waals surface area contributed by atoms with E-state index in [4.69, 9.17) is 0 Å². The van der Waals surface area contributed by atoms with Crippen molar-refractivity contribution in [2.75, 3.05) is 31.1 Å². The molecule has 0 N–H and O–H groups in total. The molecule has 2 aliphatic heterocycles. The number of sulfonamides is 1. The molecule has 4 aromatic rings. The van der Waals surface area contributed by atoms with Crippen LogP contribution in [0.2, 0.25) is 0 Å². The van der Waals surface area contributed by atoms with E-state index in [0.29, 0.717) is 22.8 Å². The lowest BCUT2D eigenvalue weighted by Gasteiger charge is -2.44. The molecule has 3 aromatic heterocycles. The second-order valence-corrected chi connectivity index (χ2v) is 13.5. The molecule has 1 atom stereocenters. The maximum absolute atomic E-state index is 14.2. The Morgan fingerprint density at radius 2 is 1.83 bits per heavy atom. The fourth-order valence-corrected chi connectivity index (χ4v) is 8.61. The number of benzene rings is 1. The number of hydrogen-bond donors (Lipinski definition) is 0. The number of carbonyl (C=O) groups excluding carboxylic acids is 1. The van der Waals surface area contributed by atoms with Crippen LogP contribution in [0.4, 0.5) is 10.1 Å². The molecule has 0 spiro atoms. The van der Waals surface area contributed by atoms with Crippen molar-refractivity contribution in [3.05, 3.63) is 88.2 Å². The summed E-state index contributed by atoms with van der Waals surface area (Å²) in [4.78, 5) is 25.0. The lowest BCUT2D eigenvalue weighted by Crippen LogP contribution is -2.53. The van der Waals surface area contributed by atoms with Crippen LogP contribution in [0, 0.1) is 11.2 Å². The summed E-state index contributed by atoms with van der Waals surface area (Å²) in [5, 5.41) is 6.66. The minimum absolute atomic E-state index is 0.00488. The van der Waals surface area contributed by atoms with Crippen LogP contribution in [0.25, 0.3) is 11.8 Å². The van der Waals surface area contributed by atoms with E-state index >= 15 is 0 Å². The predicted molar refractivity (Wildman–Crippen MR) is 153 cm³/mol. The second-order valence-electron chi connectivity index (χ2n) is 10.7. The smallest absolute Gasteiger partial charge is 0.246 e.